The molecule has 2 rings (SSSR count). The average Bonchev–Trinajstić information content (AvgIpc) is 2.39. The van der Waals surface area contributed by atoms with Gasteiger partial charge in [0, 0.05) is 50.0 Å². The maximum atomic E-state index is 13.9. The predicted octanol–water partition coefficient (Wildman–Crippen LogP) is 0.960. The van der Waals surface area contributed by atoms with Gasteiger partial charge >= 0.3 is 0 Å². The first kappa shape index (κ1) is 14.2. The number of nitrogens with zero attached hydrogens (tertiary/aromatic N) is 2. The Kier molecular flexibility index (Phi) is 4.74. The Labute approximate surface area is 113 Å². The molecule has 19 heavy (non-hydrogen) atoms. The van der Waals surface area contributed by atoms with Crippen molar-refractivity contribution in [3.8, 4) is 0 Å². The number of nitrogens with two attached hydrogens (primary N) is 1. The van der Waals surface area contributed by atoms with Crippen LogP contribution in [0.25, 0.3) is 0 Å². The molecule has 1 saturated heterocycles. The maximum Gasteiger partial charge on any atom is 0.130 e. The number of aliphatic hydroxyl groups is 1. The number of rotatable bonds is 4. The quantitative estimate of drug-likeness (QED) is 0.853. The summed E-state index contributed by atoms with van der Waals surface area (Å²) < 4.78 is 13.9. The molecule has 106 valence electrons. The summed E-state index contributed by atoms with van der Waals surface area (Å²) in [5, 5.41) is 8.93. The van der Waals surface area contributed by atoms with Crippen molar-refractivity contribution in [3.63, 3.8) is 0 Å². The van der Waals surface area contributed by atoms with Crippen LogP contribution in [0.1, 0.15) is 18.5 Å². The molecule has 1 aliphatic heterocycles. The largest absolute Gasteiger partial charge is 0.395 e. The molecule has 0 aromatic heterocycles. The smallest absolute Gasteiger partial charge is 0.130 e. The fourth-order valence-electron chi connectivity index (χ4n) is 2.61. The number of hydrogen-bond donors (Lipinski definition) is 2. The number of piperazine rings is 1. The van der Waals surface area contributed by atoms with Gasteiger partial charge in [-0.2, -0.15) is 0 Å². The van der Waals surface area contributed by atoms with Crippen molar-refractivity contribution >= 4 is 5.69 Å². The van der Waals surface area contributed by atoms with E-state index in [-0.39, 0.29) is 18.5 Å². The lowest BCUT2D eigenvalue weighted by molar-refractivity contribution is 0.188. The second kappa shape index (κ2) is 6.32. The topological polar surface area (TPSA) is 52.7 Å². The minimum atomic E-state index is -0.313. The molecule has 0 bridgehead atoms. The van der Waals surface area contributed by atoms with Gasteiger partial charge in [0.2, 0.25) is 0 Å². The van der Waals surface area contributed by atoms with Crippen molar-refractivity contribution in [1.82, 2.24) is 4.90 Å². The van der Waals surface area contributed by atoms with Gasteiger partial charge < -0.3 is 15.7 Å². The number of anilines is 1. The molecule has 0 aliphatic carbocycles. The summed E-state index contributed by atoms with van der Waals surface area (Å²) in [6.45, 7) is 6.14. The maximum absolute atomic E-state index is 13.9. The number of halogens is 1. The standard InChI is InChI=1S/C14H22FN3O/c1-11(16)14-12(15)3-2-4-13(14)18-7-5-17(6-8-18)9-10-19/h2-4,11,19H,5-10,16H2,1H3/t11-/m1/s1. The molecule has 1 aliphatic rings. The van der Waals surface area contributed by atoms with Crippen LogP contribution >= 0.6 is 0 Å². The fraction of sp³-hybridized carbons (Fsp3) is 0.571. The van der Waals surface area contributed by atoms with Crippen LogP contribution in [0, 0.1) is 5.82 Å². The fourth-order valence-corrected chi connectivity index (χ4v) is 2.61. The molecule has 0 spiro atoms. The first-order valence-corrected chi connectivity index (χ1v) is 6.75. The van der Waals surface area contributed by atoms with Crippen molar-refractivity contribution in [2.75, 3.05) is 44.2 Å². The van der Waals surface area contributed by atoms with E-state index in [1.54, 1.807) is 6.07 Å². The first-order chi connectivity index (χ1) is 9.13. The van der Waals surface area contributed by atoms with E-state index >= 15 is 0 Å². The molecule has 5 heteroatoms. The van der Waals surface area contributed by atoms with Gasteiger partial charge in [-0.05, 0) is 19.1 Å². The summed E-state index contributed by atoms with van der Waals surface area (Å²) in [7, 11) is 0. The van der Waals surface area contributed by atoms with E-state index in [1.165, 1.54) is 6.07 Å². The second-order valence-electron chi connectivity index (χ2n) is 5.01. The zero-order valence-corrected chi connectivity index (χ0v) is 11.3. The second-order valence-corrected chi connectivity index (χ2v) is 5.01. The first-order valence-electron chi connectivity index (χ1n) is 6.75. The molecule has 1 atom stereocenters. The number of β-amino-alcohol motifs (C(OH)–C–C–N with tert-alkyl or cyclic N) is 1. The van der Waals surface area contributed by atoms with Crippen LogP contribution in [0.4, 0.5) is 10.1 Å². The van der Waals surface area contributed by atoms with Crippen LogP contribution < -0.4 is 10.6 Å². The molecule has 1 heterocycles. The monoisotopic (exact) mass is 267 g/mol. The van der Waals surface area contributed by atoms with Gasteiger partial charge in [-0.25, -0.2) is 4.39 Å². The van der Waals surface area contributed by atoms with Crippen LogP contribution in [0.5, 0.6) is 0 Å². The third kappa shape index (κ3) is 3.23. The lowest BCUT2D eigenvalue weighted by atomic mass is 10.0. The minimum Gasteiger partial charge on any atom is -0.395 e. The average molecular weight is 267 g/mol. The molecule has 0 amide bonds. The highest BCUT2D eigenvalue weighted by atomic mass is 19.1. The Bertz CT molecular complexity index is 417. The Morgan fingerprint density at radius 1 is 1.32 bits per heavy atom. The van der Waals surface area contributed by atoms with Gasteiger partial charge in [0.05, 0.1) is 6.61 Å². The summed E-state index contributed by atoms with van der Waals surface area (Å²) >= 11 is 0. The summed E-state index contributed by atoms with van der Waals surface area (Å²) in [5.74, 6) is -0.231. The van der Waals surface area contributed by atoms with E-state index in [0.717, 1.165) is 31.9 Å². The van der Waals surface area contributed by atoms with Crippen molar-refractivity contribution in [2.45, 2.75) is 13.0 Å². The van der Waals surface area contributed by atoms with Crippen molar-refractivity contribution < 1.29 is 9.50 Å². The molecule has 4 nitrogen and oxygen atoms in total. The molecule has 1 aromatic rings. The van der Waals surface area contributed by atoms with Crippen LogP contribution in [0.2, 0.25) is 0 Å². The molecule has 0 unspecified atom stereocenters. The van der Waals surface area contributed by atoms with Crippen molar-refractivity contribution in [1.29, 1.82) is 0 Å². The highest BCUT2D eigenvalue weighted by molar-refractivity contribution is 5.55. The van der Waals surface area contributed by atoms with Crippen LogP contribution in [-0.4, -0.2) is 49.3 Å². The third-order valence-electron chi connectivity index (χ3n) is 3.61. The van der Waals surface area contributed by atoms with Gasteiger partial charge in [-0.1, -0.05) is 6.07 Å². The van der Waals surface area contributed by atoms with Gasteiger partial charge in [0.1, 0.15) is 5.82 Å². The van der Waals surface area contributed by atoms with E-state index in [2.05, 4.69) is 9.80 Å². The zero-order chi connectivity index (χ0) is 13.8. The Morgan fingerprint density at radius 3 is 2.58 bits per heavy atom. The lowest BCUT2D eigenvalue weighted by Crippen LogP contribution is -2.47. The molecular weight excluding hydrogens is 245 g/mol. The minimum absolute atomic E-state index is 0.186. The molecule has 1 aromatic carbocycles. The van der Waals surface area contributed by atoms with Gasteiger partial charge in [-0.3, -0.25) is 4.90 Å². The van der Waals surface area contributed by atoms with Crippen LogP contribution in [0.3, 0.4) is 0 Å². The summed E-state index contributed by atoms with van der Waals surface area (Å²) in [4.78, 5) is 4.39. The third-order valence-corrected chi connectivity index (χ3v) is 3.61. The molecule has 0 radical (unpaired) electrons. The van der Waals surface area contributed by atoms with Gasteiger partial charge in [-0.15, -0.1) is 0 Å². The number of aliphatic hydroxyl groups excluding tert-OH is 1. The normalized spacial score (nSPS) is 18.6. The molecule has 0 saturated carbocycles. The van der Waals surface area contributed by atoms with Gasteiger partial charge in [0.15, 0.2) is 0 Å². The number of hydrogen-bond acceptors (Lipinski definition) is 4. The van der Waals surface area contributed by atoms with Crippen molar-refractivity contribution in [3.05, 3.63) is 29.6 Å². The van der Waals surface area contributed by atoms with E-state index < -0.39 is 0 Å². The van der Waals surface area contributed by atoms with E-state index in [9.17, 15) is 4.39 Å². The summed E-state index contributed by atoms with van der Waals surface area (Å²) in [6, 6.07) is 4.82. The van der Waals surface area contributed by atoms with E-state index in [4.69, 9.17) is 10.8 Å². The van der Waals surface area contributed by atoms with Crippen LogP contribution in [0.15, 0.2) is 18.2 Å². The lowest BCUT2D eigenvalue weighted by Gasteiger charge is -2.37. The van der Waals surface area contributed by atoms with E-state index in [1.807, 2.05) is 13.0 Å². The zero-order valence-electron chi connectivity index (χ0n) is 11.3. The number of benzene rings is 1. The van der Waals surface area contributed by atoms with Gasteiger partial charge in [0.25, 0.3) is 0 Å². The Hall–Kier alpha value is -1.17. The summed E-state index contributed by atoms with van der Waals surface area (Å²) in [6.07, 6.45) is 0. The SMILES string of the molecule is C[C@@H](N)c1c(F)cccc1N1CCN(CCO)CC1. The van der Waals surface area contributed by atoms with Crippen LogP contribution in [-0.2, 0) is 0 Å². The highest BCUT2D eigenvalue weighted by Crippen LogP contribution is 2.28. The van der Waals surface area contributed by atoms with Crippen molar-refractivity contribution in [2.24, 2.45) is 5.73 Å². The van der Waals surface area contributed by atoms with E-state index in [0.29, 0.717) is 12.1 Å². The molecular formula is C14H22FN3O. The highest BCUT2D eigenvalue weighted by Gasteiger charge is 2.21. The predicted molar refractivity (Wildman–Crippen MR) is 74.7 cm³/mol. The molecule has 1 fully saturated rings. The Balaban J connectivity index is 2.13. The Morgan fingerprint density at radius 2 is 2.00 bits per heavy atom. The summed E-state index contributed by atoms with van der Waals surface area (Å²) in [5.41, 5.74) is 7.38. The molecule has 3 N–H and O–H groups in total.